The number of hydrogen-bond donors (Lipinski definition) is 1. The lowest BCUT2D eigenvalue weighted by atomic mass is 9.76. The summed E-state index contributed by atoms with van der Waals surface area (Å²) in [6, 6.07) is 0.0995. The van der Waals surface area contributed by atoms with E-state index in [1.807, 2.05) is 0 Å². The van der Waals surface area contributed by atoms with Crippen LogP contribution in [0, 0.1) is 5.92 Å². The number of alkyl halides is 2. The highest BCUT2D eigenvalue weighted by molar-refractivity contribution is 4.90. The summed E-state index contributed by atoms with van der Waals surface area (Å²) in [6.45, 7) is 0.494. The lowest BCUT2D eigenvalue weighted by Gasteiger charge is -2.39. The number of halogens is 2. The van der Waals surface area contributed by atoms with Gasteiger partial charge < -0.3 is 5.32 Å². The zero-order valence-electron chi connectivity index (χ0n) is 7.15. The Morgan fingerprint density at radius 1 is 1.25 bits per heavy atom. The van der Waals surface area contributed by atoms with E-state index in [1.54, 1.807) is 0 Å². The van der Waals surface area contributed by atoms with Crippen molar-refractivity contribution >= 4 is 0 Å². The fourth-order valence-corrected chi connectivity index (χ4v) is 2.11. The molecule has 1 saturated heterocycles. The molecule has 1 nitrogen and oxygen atoms in total. The van der Waals surface area contributed by atoms with Crippen LogP contribution in [0.5, 0.6) is 0 Å². The largest absolute Gasteiger partial charge is 0.313 e. The Bertz CT molecular complexity index is 166. The zero-order chi connectivity index (χ0) is 8.60. The van der Waals surface area contributed by atoms with Crippen molar-refractivity contribution in [2.75, 3.05) is 6.54 Å². The molecule has 0 aromatic rings. The quantitative estimate of drug-likeness (QED) is 0.644. The molecule has 3 heteroatoms. The first kappa shape index (κ1) is 8.42. The van der Waals surface area contributed by atoms with Crippen LogP contribution < -0.4 is 5.32 Å². The van der Waals surface area contributed by atoms with Crippen LogP contribution in [-0.2, 0) is 0 Å². The van der Waals surface area contributed by atoms with Crippen molar-refractivity contribution in [3.8, 4) is 0 Å². The summed E-state index contributed by atoms with van der Waals surface area (Å²) in [5.74, 6) is -1.86. The number of rotatable bonds is 1. The molecule has 0 spiro atoms. The van der Waals surface area contributed by atoms with Gasteiger partial charge in [-0.3, -0.25) is 0 Å². The summed E-state index contributed by atoms with van der Waals surface area (Å²) in [6.07, 6.45) is 3.61. The molecule has 1 atom stereocenters. The minimum Gasteiger partial charge on any atom is -0.313 e. The van der Waals surface area contributed by atoms with Crippen LogP contribution in [0.2, 0.25) is 0 Å². The molecule has 1 unspecified atom stereocenters. The molecule has 0 amide bonds. The molecule has 2 fully saturated rings. The van der Waals surface area contributed by atoms with Crippen LogP contribution in [0.15, 0.2) is 0 Å². The summed E-state index contributed by atoms with van der Waals surface area (Å²) in [5.41, 5.74) is 0. The Labute approximate surface area is 71.5 Å². The van der Waals surface area contributed by atoms with E-state index < -0.39 is 5.92 Å². The monoisotopic (exact) mass is 175 g/mol. The second-order valence-corrected chi connectivity index (χ2v) is 4.06. The van der Waals surface area contributed by atoms with Crippen molar-refractivity contribution in [1.82, 2.24) is 5.32 Å². The first-order valence-electron chi connectivity index (χ1n) is 4.79. The molecule has 1 aliphatic heterocycles. The van der Waals surface area contributed by atoms with Gasteiger partial charge in [-0.1, -0.05) is 6.42 Å². The van der Waals surface area contributed by atoms with E-state index in [4.69, 9.17) is 0 Å². The van der Waals surface area contributed by atoms with Gasteiger partial charge in [-0.05, 0) is 18.8 Å². The van der Waals surface area contributed by atoms with E-state index >= 15 is 0 Å². The van der Waals surface area contributed by atoms with E-state index in [0.717, 1.165) is 12.8 Å². The predicted molar refractivity (Wildman–Crippen MR) is 43.3 cm³/mol. The molecule has 1 saturated carbocycles. The molecule has 1 aliphatic carbocycles. The van der Waals surface area contributed by atoms with Gasteiger partial charge in [-0.2, -0.15) is 0 Å². The van der Waals surface area contributed by atoms with Gasteiger partial charge in [0.2, 0.25) is 0 Å². The first-order valence-corrected chi connectivity index (χ1v) is 4.79. The topological polar surface area (TPSA) is 12.0 Å². The van der Waals surface area contributed by atoms with E-state index in [-0.39, 0.29) is 18.9 Å². The zero-order valence-corrected chi connectivity index (χ0v) is 7.15. The average Bonchev–Trinajstić information content (AvgIpc) is 1.80. The highest BCUT2D eigenvalue weighted by Gasteiger charge is 2.40. The van der Waals surface area contributed by atoms with Crippen LogP contribution in [0.1, 0.15) is 32.1 Å². The van der Waals surface area contributed by atoms with E-state index in [0.29, 0.717) is 12.5 Å². The van der Waals surface area contributed by atoms with Crippen molar-refractivity contribution in [2.45, 2.75) is 44.1 Å². The average molecular weight is 175 g/mol. The molecule has 0 aromatic carbocycles. The lowest BCUT2D eigenvalue weighted by Crippen LogP contribution is -2.49. The van der Waals surface area contributed by atoms with E-state index in [2.05, 4.69) is 5.32 Å². The van der Waals surface area contributed by atoms with Gasteiger partial charge in [0, 0.05) is 25.4 Å². The Kier molecular flexibility index (Phi) is 2.07. The second-order valence-electron chi connectivity index (χ2n) is 4.06. The Morgan fingerprint density at radius 2 is 2.00 bits per heavy atom. The van der Waals surface area contributed by atoms with Gasteiger partial charge in [0.1, 0.15) is 0 Å². The fourth-order valence-electron chi connectivity index (χ4n) is 2.11. The predicted octanol–water partition coefficient (Wildman–Crippen LogP) is 2.17. The third kappa shape index (κ3) is 1.60. The third-order valence-electron chi connectivity index (χ3n) is 3.13. The van der Waals surface area contributed by atoms with Gasteiger partial charge in [-0.15, -0.1) is 0 Å². The van der Waals surface area contributed by atoms with Crippen molar-refractivity contribution in [3.05, 3.63) is 0 Å². The molecule has 2 aliphatic rings. The van der Waals surface area contributed by atoms with Crippen molar-refractivity contribution in [3.63, 3.8) is 0 Å². The van der Waals surface area contributed by atoms with Crippen LogP contribution in [0.4, 0.5) is 8.78 Å². The third-order valence-corrected chi connectivity index (χ3v) is 3.13. The summed E-state index contributed by atoms with van der Waals surface area (Å²) in [4.78, 5) is 0. The normalized spacial score (nSPS) is 36.0. The SMILES string of the molecule is FC1(F)CCNC(C2CCC2)C1. The Balaban J connectivity index is 1.89. The molecule has 70 valence electrons. The molecule has 1 N–H and O–H groups in total. The number of hydrogen-bond acceptors (Lipinski definition) is 1. The molecule has 12 heavy (non-hydrogen) atoms. The molecule has 1 heterocycles. The van der Waals surface area contributed by atoms with Crippen molar-refractivity contribution < 1.29 is 8.78 Å². The highest BCUT2D eigenvalue weighted by atomic mass is 19.3. The van der Waals surface area contributed by atoms with Crippen LogP contribution in [-0.4, -0.2) is 18.5 Å². The van der Waals surface area contributed by atoms with Gasteiger partial charge in [0.15, 0.2) is 0 Å². The number of piperidine rings is 1. The Hall–Kier alpha value is -0.180. The summed E-state index contributed by atoms with van der Waals surface area (Å²) < 4.78 is 25.9. The number of nitrogens with one attached hydrogen (secondary N) is 1. The van der Waals surface area contributed by atoms with Crippen LogP contribution >= 0.6 is 0 Å². The van der Waals surface area contributed by atoms with Gasteiger partial charge in [0.25, 0.3) is 5.92 Å². The van der Waals surface area contributed by atoms with E-state index in [1.165, 1.54) is 6.42 Å². The standard InChI is InChI=1S/C9H15F2N/c10-9(11)4-5-12-8(6-9)7-2-1-3-7/h7-8,12H,1-6H2. The minimum atomic E-state index is -2.40. The molecule has 2 rings (SSSR count). The van der Waals surface area contributed by atoms with Gasteiger partial charge in [0.05, 0.1) is 0 Å². The second kappa shape index (κ2) is 2.95. The highest BCUT2D eigenvalue weighted by Crippen LogP contribution is 2.37. The maximum Gasteiger partial charge on any atom is 0.250 e. The van der Waals surface area contributed by atoms with Crippen molar-refractivity contribution in [1.29, 1.82) is 0 Å². The Morgan fingerprint density at radius 3 is 2.50 bits per heavy atom. The van der Waals surface area contributed by atoms with E-state index in [9.17, 15) is 8.78 Å². The lowest BCUT2D eigenvalue weighted by molar-refractivity contribution is -0.0536. The summed E-state index contributed by atoms with van der Waals surface area (Å²) in [5, 5.41) is 3.20. The maximum absolute atomic E-state index is 12.9. The molecule has 0 aromatic heterocycles. The van der Waals surface area contributed by atoms with Gasteiger partial charge in [-0.25, -0.2) is 8.78 Å². The van der Waals surface area contributed by atoms with Crippen molar-refractivity contribution in [2.24, 2.45) is 5.92 Å². The smallest absolute Gasteiger partial charge is 0.250 e. The van der Waals surface area contributed by atoms with Gasteiger partial charge >= 0.3 is 0 Å². The fraction of sp³-hybridized carbons (Fsp3) is 1.00. The minimum absolute atomic E-state index is 0.0240. The van der Waals surface area contributed by atoms with Crippen LogP contribution in [0.3, 0.4) is 0 Å². The first-order chi connectivity index (χ1) is 5.67. The molecule has 0 bridgehead atoms. The molecule has 0 radical (unpaired) electrons. The van der Waals surface area contributed by atoms with Crippen LogP contribution in [0.25, 0.3) is 0 Å². The summed E-state index contributed by atoms with van der Waals surface area (Å²) in [7, 11) is 0. The molecular weight excluding hydrogens is 160 g/mol. The maximum atomic E-state index is 12.9. The molecular formula is C9H15F2N. The summed E-state index contributed by atoms with van der Waals surface area (Å²) >= 11 is 0.